The van der Waals surface area contributed by atoms with Crippen LogP contribution in [0.5, 0.6) is 0 Å². The summed E-state index contributed by atoms with van der Waals surface area (Å²) in [4.78, 5) is 34.4. The number of thiazole rings is 1. The topological polar surface area (TPSA) is 71.6 Å². The van der Waals surface area contributed by atoms with E-state index in [1.54, 1.807) is 36.6 Å². The molecule has 7 nitrogen and oxygen atoms in total. The van der Waals surface area contributed by atoms with Crippen LogP contribution < -0.4 is 5.76 Å². The van der Waals surface area contributed by atoms with Crippen LogP contribution in [-0.2, 0) is 13.6 Å². The first kappa shape index (κ1) is 17.0. The van der Waals surface area contributed by atoms with Crippen LogP contribution in [0.2, 0.25) is 0 Å². The molecular weight excluding hydrogens is 352 g/mol. The zero-order valence-electron chi connectivity index (χ0n) is 14.8. The minimum absolute atomic E-state index is 0.0850. The van der Waals surface area contributed by atoms with Gasteiger partial charge in [0.25, 0.3) is 5.91 Å². The maximum atomic E-state index is 12.9. The van der Waals surface area contributed by atoms with Crippen molar-refractivity contribution in [1.82, 2.24) is 19.4 Å². The lowest BCUT2D eigenvalue weighted by atomic mass is 10.1. The van der Waals surface area contributed by atoms with Gasteiger partial charge in [0.2, 0.25) is 0 Å². The van der Waals surface area contributed by atoms with Gasteiger partial charge in [-0.15, -0.1) is 11.3 Å². The zero-order chi connectivity index (χ0) is 18.3. The monoisotopic (exact) mass is 372 g/mol. The molecule has 1 fully saturated rings. The second-order valence-electron chi connectivity index (χ2n) is 6.49. The third-order valence-electron chi connectivity index (χ3n) is 4.76. The molecule has 136 valence electrons. The number of oxazole rings is 1. The maximum Gasteiger partial charge on any atom is 0.419 e. The van der Waals surface area contributed by atoms with E-state index in [0.717, 1.165) is 24.6 Å². The molecule has 26 heavy (non-hydrogen) atoms. The lowest BCUT2D eigenvalue weighted by Gasteiger charge is -2.34. The number of amides is 1. The largest absolute Gasteiger partial charge is 0.419 e. The van der Waals surface area contributed by atoms with Crippen LogP contribution in [0.3, 0.4) is 0 Å². The van der Waals surface area contributed by atoms with Crippen molar-refractivity contribution in [3.63, 3.8) is 0 Å². The number of benzene rings is 1. The summed E-state index contributed by atoms with van der Waals surface area (Å²) in [6, 6.07) is 5.29. The van der Waals surface area contributed by atoms with E-state index in [-0.39, 0.29) is 5.91 Å². The highest BCUT2D eigenvalue weighted by molar-refractivity contribution is 7.11. The van der Waals surface area contributed by atoms with Crippen molar-refractivity contribution >= 4 is 28.3 Å². The number of aryl methyl sites for hydroxylation is 2. The Morgan fingerprint density at radius 1 is 1.27 bits per heavy atom. The number of rotatable bonds is 3. The molecule has 0 N–H and O–H groups in total. The van der Waals surface area contributed by atoms with E-state index in [1.165, 1.54) is 9.44 Å². The van der Waals surface area contributed by atoms with Gasteiger partial charge in [0, 0.05) is 50.8 Å². The molecule has 0 unspecified atom stereocenters. The molecule has 0 spiro atoms. The lowest BCUT2D eigenvalue weighted by molar-refractivity contribution is 0.0630. The van der Waals surface area contributed by atoms with Gasteiger partial charge in [0.15, 0.2) is 5.58 Å². The van der Waals surface area contributed by atoms with Gasteiger partial charge in [-0.25, -0.2) is 9.78 Å². The third kappa shape index (κ3) is 3.06. The van der Waals surface area contributed by atoms with Crippen molar-refractivity contribution in [2.45, 2.75) is 13.5 Å². The van der Waals surface area contributed by atoms with E-state index < -0.39 is 5.76 Å². The molecule has 1 aliphatic rings. The van der Waals surface area contributed by atoms with Crippen LogP contribution >= 0.6 is 11.3 Å². The van der Waals surface area contributed by atoms with Crippen molar-refractivity contribution in [1.29, 1.82) is 0 Å². The summed E-state index contributed by atoms with van der Waals surface area (Å²) in [5.41, 5.74) is 1.46. The Labute approximate surface area is 154 Å². The van der Waals surface area contributed by atoms with Crippen LogP contribution in [0.4, 0.5) is 0 Å². The summed E-state index contributed by atoms with van der Waals surface area (Å²) in [6.45, 7) is 5.83. The number of hydrogen-bond donors (Lipinski definition) is 0. The lowest BCUT2D eigenvalue weighted by Crippen LogP contribution is -2.48. The highest BCUT2D eigenvalue weighted by Gasteiger charge is 2.25. The molecule has 3 heterocycles. The highest BCUT2D eigenvalue weighted by atomic mass is 32.1. The number of aromatic nitrogens is 2. The molecule has 1 aromatic carbocycles. The van der Waals surface area contributed by atoms with Crippen molar-refractivity contribution in [2.75, 3.05) is 26.2 Å². The van der Waals surface area contributed by atoms with Crippen LogP contribution in [0, 0.1) is 6.92 Å². The average Bonchev–Trinajstić information content (AvgIpc) is 3.18. The summed E-state index contributed by atoms with van der Waals surface area (Å²) in [5.74, 6) is -0.539. The maximum absolute atomic E-state index is 12.9. The summed E-state index contributed by atoms with van der Waals surface area (Å²) < 4.78 is 6.71. The minimum atomic E-state index is -0.454. The van der Waals surface area contributed by atoms with Crippen molar-refractivity contribution in [3.8, 4) is 0 Å². The standard InChI is InChI=1S/C18H20N4O3S/c1-12-19-10-13(26-12)11-21-6-8-22(9-7-21)17(23)14-4-3-5-15-16(14)25-18(24)20(15)2/h3-5,10H,6-9,11H2,1-2H3. The molecule has 0 radical (unpaired) electrons. The number of carbonyl (C=O) groups excluding carboxylic acids is 1. The number of hydrogen-bond acceptors (Lipinski definition) is 6. The predicted octanol–water partition coefficient (Wildman–Crippen LogP) is 1.85. The summed E-state index contributed by atoms with van der Waals surface area (Å²) >= 11 is 1.71. The molecule has 3 aromatic rings. The second-order valence-corrected chi connectivity index (χ2v) is 7.81. The number of fused-ring (bicyclic) bond motifs is 1. The zero-order valence-corrected chi connectivity index (χ0v) is 15.6. The molecule has 0 saturated carbocycles. The predicted molar refractivity (Wildman–Crippen MR) is 99.5 cm³/mol. The van der Waals surface area contributed by atoms with Crippen LogP contribution in [0.1, 0.15) is 20.2 Å². The number of carbonyl (C=O) groups is 1. The fraction of sp³-hybridized carbons (Fsp3) is 0.389. The molecule has 0 atom stereocenters. The first-order chi connectivity index (χ1) is 12.5. The normalized spacial score (nSPS) is 15.7. The van der Waals surface area contributed by atoms with E-state index in [2.05, 4.69) is 9.88 Å². The molecule has 0 aliphatic carbocycles. The second kappa shape index (κ2) is 6.69. The third-order valence-corrected chi connectivity index (χ3v) is 5.65. The molecule has 1 saturated heterocycles. The SMILES string of the molecule is Cc1ncc(CN2CCN(C(=O)c3cccc4c3oc(=O)n4C)CC2)s1. The first-order valence-electron chi connectivity index (χ1n) is 8.54. The van der Waals surface area contributed by atoms with E-state index in [9.17, 15) is 9.59 Å². The van der Waals surface area contributed by atoms with Crippen LogP contribution in [0.15, 0.2) is 33.6 Å². The fourth-order valence-corrected chi connectivity index (χ4v) is 4.13. The van der Waals surface area contributed by atoms with Crippen molar-refractivity contribution in [2.24, 2.45) is 7.05 Å². The molecular formula is C18H20N4O3S. The van der Waals surface area contributed by atoms with E-state index in [4.69, 9.17) is 4.42 Å². The first-order valence-corrected chi connectivity index (χ1v) is 9.36. The fourth-order valence-electron chi connectivity index (χ4n) is 3.30. The van der Waals surface area contributed by atoms with Gasteiger partial charge >= 0.3 is 5.76 Å². The highest BCUT2D eigenvalue weighted by Crippen LogP contribution is 2.20. The average molecular weight is 372 g/mol. The quantitative estimate of drug-likeness (QED) is 0.702. The van der Waals surface area contributed by atoms with Crippen molar-refractivity contribution in [3.05, 3.63) is 50.4 Å². The number of para-hydroxylation sites is 1. The summed E-state index contributed by atoms with van der Waals surface area (Å²) in [6.07, 6.45) is 1.93. The van der Waals surface area contributed by atoms with Gasteiger partial charge in [-0.05, 0) is 19.1 Å². The number of piperazine rings is 1. The molecule has 4 rings (SSSR count). The molecule has 1 amide bonds. The summed E-state index contributed by atoms with van der Waals surface area (Å²) in [5, 5.41) is 1.08. The Bertz CT molecular complexity index is 1010. The summed E-state index contributed by atoms with van der Waals surface area (Å²) in [7, 11) is 1.64. The van der Waals surface area contributed by atoms with Gasteiger partial charge < -0.3 is 9.32 Å². The van der Waals surface area contributed by atoms with Gasteiger partial charge in [-0.3, -0.25) is 14.3 Å². The van der Waals surface area contributed by atoms with E-state index in [1.807, 2.05) is 18.0 Å². The van der Waals surface area contributed by atoms with E-state index >= 15 is 0 Å². The Hall–Kier alpha value is -2.45. The van der Waals surface area contributed by atoms with Gasteiger partial charge in [0.1, 0.15) is 0 Å². The Morgan fingerprint density at radius 3 is 2.73 bits per heavy atom. The van der Waals surface area contributed by atoms with Crippen LogP contribution in [-0.4, -0.2) is 51.4 Å². The smallest absolute Gasteiger partial charge is 0.407 e. The van der Waals surface area contributed by atoms with E-state index in [0.29, 0.717) is 29.8 Å². The van der Waals surface area contributed by atoms with Gasteiger partial charge in [-0.1, -0.05) is 6.07 Å². The molecule has 0 bridgehead atoms. The Morgan fingerprint density at radius 2 is 2.04 bits per heavy atom. The Balaban J connectivity index is 1.47. The van der Waals surface area contributed by atoms with Gasteiger partial charge in [0.05, 0.1) is 16.1 Å². The molecule has 1 aliphatic heterocycles. The molecule has 8 heteroatoms. The Kier molecular flexibility index (Phi) is 4.37. The van der Waals surface area contributed by atoms with Gasteiger partial charge in [-0.2, -0.15) is 0 Å². The van der Waals surface area contributed by atoms with Crippen molar-refractivity contribution < 1.29 is 9.21 Å². The van der Waals surface area contributed by atoms with Crippen LogP contribution in [0.25, 0.3) is 11.1 Å². The minimum Gasteiger partial charge on any atom is -0.407 e. The number of nitrogens with zero attached hydrogens (tertiary/aromatic N) is 4. The molecule has 2 aromatic heterocycles.